The molecule has 0 bridgehead atoms. The average Bonchev–Trinajstić information content (AvgIpc) is 2.75. The average molecular weight is 893 g/mol. The third-order valence-electron chi connectivity index (χ3n) is 6.00. The van der Waals surface area contributed by atoms with Gasteiger partial charge in [-0.15, -0.1) is 0 Å². The van der Waals surface area contributed by atoms with Crippen LogP contribution in [0, 0.1) is 0 Å². The van der Waals surface area contributed by atoms with Crippen LogP contribution in [0.2, 0.25) is 0 Å². The van der Waals surface area contributed by atoms with Gasteiger partial charge in [0.05, 0.1) is 73.9 Å². The summed E-state index contributed by atoms with van der Waals surface area (Å²) >= 11 is 0. The molecule has 0 aromatic carbocycles. The molecule has 0 aliphatic heterocycles. The maximum absolute atomic E-state index is 2.31. The van der Waals surface area contributed by atoms with E-state index in [1.165, 1.54) is 73.9 Å². The van der Waals surface area contributed by atoms with E-state index in [2.05, 4.69) is 83.1 Å². The Morgan fingerprint density at radius 2 is 0.306 bits per heavy atom. The molecule has 0 N–H and O–H groups in total. The predicted molar refractivity (Wildman–Crippen MR) is 195 cm³/mol. The van der Waals surface area contributed by atoms with Crippen LogP contribution < -0.4 is 0 Å². The monoisotopic (exact) mass is 890 g/mol. The van der Waals surface area contributed by atoms with Crippen molar-refractivity contribution in [3.8, 4) is 0 Å². The van der Waals surface area contributed by atoms with E-state index in [9.17, 15) is 0 Å². The molecule has 0 unspecified atom stereocenters. The van der Waals surface area contributed by atoms with Crippen molar-refractivity contribution in [2.24, 2.45) is 0 Å². The van der Waals surface area contributed by atoms with Gasteiger partial charge < -0.3 is 54.0 Å². The Balaban J connectivity index is -0.0000000199. The molecule has 0 heterocycles. The van der Waals surface area contributed by atoms with Crippen LogP contribution in [-0.4, -0.2) is 73.9 Å². The molecule has 0 nitrogen and oxygen atoms in total. The quantitative estimate of drug-likeness (QED) is 0.0845. The second kappa shape index (κ2) is 72.6. The van der Waals surface area contributed by atoms with Crippen molar-refractivity contribution in [1.82, 2.24) is 0 Å². The van der Waals surface area contributed by atoms with Crippen LogP contribution >= 0.6 is 31.7 Å². The number of thiol groups is 4. The van der Waals surface area contributed by atoms with Gasteiger partial charge in [-0.2, -0.15) is 0 Å². The molecule has 0 atom stereocenters. The van der Waals surface area contributed by atoms with Crippen LogP contribution in [0.4, 0.5) is 0 Å². The summed E-state index contributed by atoms with van der Waals surface area (Å²) in [5, 5.41) is 0. The van der Waals surface area contributed by atoms with Crippen molar-refractivity contribution in [2.75, 3.05) is 73.9 Å². The fraction of sp³-hybridized carbons (Fsp3) is 1.00. The first-order valence-corrected chi connectivity index (χ1v) is 21.2. The maximum atomic E-state index is 2.31. The molecule has 0 aliphatic carbocycles. The number of hydrogen-bond acceptors (Lipinski definition) is 4. The molecule has 12 heteroatoms. The zero-order valence-electron chi connectivity index (χ0n) is 25.6. The van der Waals surface area contributed by atoms with Gasteiger partial charge in [-0.3, -0.25) is 0 Å². The normalized spacial score (nSPS) is 8.00. The van der Waals surface area contributed by atoms with E-state index in [1.807, 2.05) is 0 Å². The molecule has 0 fully saturated rings. The topological polar surface area (TPSA) is 0 Å². The Morgan fingerprint density at radius 1 is 0.250 bits per heavy atom. The van der Waals surface area contributed by atoms with Crippen molar-refractivity contribution in [3.63, 3.8) is 0 Å². The first kappa shape index (κ1) is 78.2. The second-order valence-electron chi connectivity index (χ2n) is 7.24. The molecular weight excluding hydrogens is 824 g/mol. The first-order chi connectivity index (χ1) is 13.4. The van der Waals surface area contributed by atoms with Crippen LogP contribution in [0.25, 0.3) is 0 Å². The van der Waals surface area contributed by atoms with Gasteiger partial charge in [0, 0.05) is 51.2 Å². The smallest absolute Gasteiger partial charge is 0.813 e. The minimum atomic E-state index is 0. The Morgan fingerprint density at radius 3 is 0.306 bits per heavy atom. The molecule has 36 heavy (non-hydrogen) atoms. The molecule has 0 rings (SSSR count). The van der Waals surface area contributed by atoms with Gasteiger partial charge in [0.2, 0.25) is 0 Å². The third kappa shape index (κ3) is 67.2. The van der Waals surface area contributed by atoms with Crippen molar-refractivity contribution < 1.29 is 73.6 Å². The van der Waals surface area contributed by atoms with E-state index in [4.69, 9.17) is 0 Å². The van der Waals surface area contributed by atoms with Crippen LogP contribution in [0.1, 0.15) is 83.1 Å². The van der Waals surface area contributed by atoms with E-state index in [-0.39, 0.29) is 159 Å². The Hall–Kier alpha value is 5.42. The third-order valence-corrected chi connectivity index (χ3v) is 18.0. The molecule has 0 aromatic rings. The van der Waals surface area contributed by atoms with Gasteiger partial charge in [0.1, 0.15) is 0 Å². The van der Waals surface area contributed by atoms with Gasteiger partial charge in [0.25, 0.3) is 0 Å². The predicted octanol–water partition coefficient (Wildman–Crippen LogP) is 7.95. The molecule has 0 saturated carbocycles. The molecule has 0 amide bonds. The molecule has 0 aliphatic rings. The zero-order valence-corrected chi connectivity index (χ0v) is 38.2. The molecule has 0 spiro atoms. The van der Waals surface area contributed by atoms with Gasteiger partial charge >= 0.3 is 22.4 Å². The SMILES string of the molecule is CC[PH+](CC)CC.CC[PH+](CC)CC.CC[PH+](CC)CC.CC[PH+](CC)CC.[Cu].[Cu].[Cu].[Nb+2].[SH-].[SH-].[SH-].[SH-]. The number of rotatable bonds is 12. The van der Waals surface area contributed by atoms with Crippen molar-refractivity contribution >= 4 is 85.7 Å². The van der Waals surface area contributed by atoms with Crippen LogP contribution in [0.15, 0.2) is 0 Å². The van der Waals surface area contributed by atoms with Crippen LogP contribution in [0.3, 0.4) is 0 Å². The number of hydrogen-bond donors (Lipinski definition) is 0. The van der Waals surface area contributed by atoms with Crippen LogP contribution in [0.5, 0.6) is 0 Å². The molecule has 4 radical (unpaired) electrons. The fourth-order valence-corrected chi connectivity index (χ4v) is 9.00. The molecular formula is C24H68Cu3NbP4S4+2. The Kier molecular flexibility index (Phi) is 158. The van der Waals surface area contributed by atoms with E-state index in [1.54, 1.807) is 0 Å². The summed E-state index contributed by atoms with van der Waals surface area (Å²) in [5.41, 5.74) is 0. The summed E-state index contributed by atoms with van der Waals surface area (Å²) in [6.45, 7) is 27.7. The zero-order chi connectivity index (χ0) is 22.8. The van der Waals surface area contributed by atoms with Gasteiger partial charge in [0.15, 0.2) is 0 Å². The summed E-state index contributed by atoms with van der Waals surface area (Å²) in [6.07, 6.45) is 17.5. The summed E-state index contributed by atoms with van der Waals surface area (Å²) in [6, 6.07) is 0. The van der Waals surface area contributed by atoms with Crippen LogP contribution in [-0.2, 0) is 128 Å². The molecule has 0 saturated heterocycles. The Bertz CT molecular complexity index is 189. The largest absolute Gasteiger partial charge is 2.00 e. The van der Waals surface area contributed by atoms with E-state index >= 15 is 0 Å². The van der Waals surface area contributed by atoms with E-state index in [0.29, 0.717) is 0 Å². The minimum absolute atomic E-state index is 0. The minimum Gasteiger partial charge on any atom is -0.813 e. The summed E-state index contributed by atoms with van der Waals surface area (Å²) in [5.74, 6) is 0. The van der Waals surface area contributed by atoms with E-state index < -0.39 is 0 Å². The van der Waals surface area contributed by atoms with E-state index in [0.717, 1.165) is 0 Å². The first-order valence-electron chi connectivity index (χ1n) is 12.7. The fourth-order valence-electron chi connectivity index (χ4n) is 3.00. The summed E-state index contributed by atoms with van der Waals surface area (Å²) < 4.78 is 0. The van der Waals surface area contributed by atoms with Gasteiger partial charge in [-0.1, -0.05) is 0 Å². The van der Waals surface area contributed by atoms with Crippen molar-refractivity contribution in [2.45, 2.75) is 83.1 Å². The maximum Gasteiger partial charge on any atom is 2.00 e. The van der Waals surface area contributed by atoms with Crippen molar-refractivity contribution in [1.29, 1.82) is 0 Å². The summed E-state index contributed by atoms with van der Waals surface area (Å²) in [4.78, 5) is 0. The molecule has 244 valence electrons. The van der Waals surface area contributed by atoms with Gasteiger partial charge in [-0.25, -0.2) is 0 Å². The second-order valence-corrected chi connectivity index (χ2v) is 21.7. The van der Waals surface area contributed by atoms with Crippen molar-refractivity contribution in [3.05, 3.63) is 0 Å². The standard InChI is InChI=1S/4C6H15P.3Cu.Nb.4H2S/c4*1-4-7(5-2)6-3;;;;;;;;/h4*4-6H2,1-3H3;;;;;4*1H2/q;;;;;;;+2;;;;. The summed E-state index contributed by atoms with van der Waals surface area (Å²) in [7, 11) is 0.549. The molecule has 0 aromatic heterocycles. The van der Waals surface area contributed by atoms with Gasteiger partial charge in [-0.05, 0) is 115 Å². The Labute approximate surface area is 312 Å².